The number of nitrogens with one attached hydrogen (secondary N) is 2. The molecular formula is C10H8N2O6. The maximum absolute atomic E-state index is 11.3. The minimum absolute atomic E-state index is 0.0323. The number of hydroxylamine groups is 2. The van der Waals surface area contributed by atoms with Gasteiger partial charge in [0.05, 0.1) is 11.1 Å². The molecule has 8 nitrogen and oxygen atoms in total. The molecule has 2 N–H and O–H groups in total. The van der Waals surface area contributed by atoms with Crippen molar-refractivity contribution in [2.24, 2.45) is 0 Å². The highest BCUT2D eigenvalue weighted by Crippen LogP contribution is 2.07. The summed E-state index contributed by atoms with van der Waals surface area (Å²) in [6.45, 7) is 0. The van der Waals surface area contributed by atoms with Crippen LogP contribution in [0.2, 0.25) is 0 Å². The van der Waals surface area contributed by atoms with Crippen LogP contribution in [-0.2, 0) is 19.3 Å². The van der Waals surface area contributed by atoms with Gasteiger partial charge >= 0.3 is 11.9 Å². The Morgan fingerprint density at radius 2 is 1.39 bits per heavy atom. The number of carbonyl (C=O) groups excluding carboxylic acids is 4. The average molecular weight is 252 g/mol. The Kier molecular flexibility index (Phi) is 4.85. The Morgan fingerprint density at radius 3 is 1.78 bits per heavy atom. The highest BCUT2D eigenvalue weighted by molar-refractivity contribution is 5.95. The Hall–Kier alpha value is -2.90. The van der Waals surface area contributed by atoms with Crippen molar-refractivity contribution in [3.8, 4) is 0 Å². The molecule has 18 heavy (non-hydrogen) atoms. The van der Waals surface area contributed by atoms with Gasteiger partial charge in [-0.2, -0.15) is 11.0 Å². The van der Waals surface area contributed by atoms with Crippen LogP contribution < -0.4 is 11.0 Å². The summed E-state index contributed by atoms with van der Waals surface area (Å²) < 4.78 is 0. The summed E-state index contributed by atoms with van der Waals surface area (Å²) in [5.41, 5.74) is 3.51. The zero-order valence-corrected chi connectivity index (χ0v) is 8.91. The number of amides is 2. The molecule has 0 aliphatic rings. The topological polar surface area (TPSA) is 111 Å². The van der Waals surface area contributed by atoms with Crippen LogP contribution in [0.25, 0.3) is 0 Å². The van der Waals surface area contributed by atoms with Gasteiger partial charge in [-0.15, -0.1) is 0 Å². The lowest BCUT2D eigenvalue weighted by molar-refractivity contribution is -0.117. The van der Waals surface area contributed by atoms with E-state index in [1.54, 1.807) is 11.0 Å². The summed E-state index contributed by atoms with van der Waals surface area (Å²) in [7, 11) is 0. The smallest absolute Gasteiger partial charge is 0.336 e. The number of benzene rings is 1. The van der Waals surface area contributed by atoms with Crippen molar-refractivity contribution in [2.45, 2.75) is 0 Å². The molecule has 8 heteroatoms. The van der Waals surface area contributed by atoms with Crippen LogP contribution in [0.5, 0.6) is 0 Å². The molecule has 0 saturated heterocycles. The molecule has 0 heterocycles. The second-order valence-corrected chi connectivity index (χ2v) is 2.83. The zero-order valence-electron chi connectivity index (χ0n) is 8.91. The number of carbonyl (C=O) groups is 4. The fourth-order valence-corrected chi connectivity index (χ4v) is 1.05. The summed E-state index contributed by atoms with van der Waals surface area (Å²) in [6, 6.07) is 5.34. The van der Waals surface area contributed by atoms with Gasteiger partial charge in [-0.05, 0) is 18.2 Å². The summed E-state index contributed by atoms with van der Waals surface area (Å²) in [4.78, 5) is 51.1. The molecule has 1 aromatic rings. The van der Waals surface area contributed by atoms with Crippen LogP contribution in [-0.4, -0.2) is 24.8 Å². The summed E-state index contributed by atoms with van der Waals surface area (Å²) in [6.07, 6.45) is 0.369. The molecule has 0 bridgehead atoms. The van der Waals surface area contributed by atoms with E-state index in [0.29, 0.717) is 0 Å². The van der Waals surface area contributed by atoms with Crippen LogP contribution in [0.3, 0.4) is 0 Å². The molecule has 0 spiro atoms. The Balaban J connectivity index is 2.78. The van der Waals surface area contributed by atoms with Gasteiger partial charge in [0.2, 0.25) is 12.8 Å². The van der Waals surface area contributed by atoms with Gasteiger partial charge < -0.3 is 9.68 Å². The Morgan fingerprint density at radius 1 is 0.944 bits per heavy atom. The van der Waals surface area contributed by atoms with E-state index in [0.717, 1.165) is 0 Å². The average Bonchev–Trinajstić information content (AvgIpc) is 2.42. The lowest BCUT2D eigenvalue weighted by Crippen LogP contribution is -2.20. The van der Waals surface area contributed by atoms with Gasteiger partial charge in [0.1, 0.15) is 0 Å². The molecule has 1 rings (SSSR count). The lowest BCUT2D eigenvalue weighted by atomic mass is 10.1. The third kappa shape index (κ3) is 3.59. The predicted molar refractivity (Wildman–Crippen MR) is 55.7 cm³/mol. The third-order valence-electron chi connectivity index (χ3n) is 1.73. The van der Waals surface area contributed by atoms with E-state index < -0.39 is 11.9 Å². The second-order valence-electron chi connectivity index (χ2n) is 2.83. The SMILES string of the molecule is O=CNOC(=O)c1cccc(C(=O)ONC=O)c1. The minimum Gasteiger partial charge on any atom is -0.336 e. The summed E-state index contributed by atoms with van der Waals surface area (Å²) in [5, 5.41) is 0. The van der Waals surface area contributed by atoms with Gasteiger partial charge in [0, 0.05) is 0 Å². The number of hydrogen-bond acceptors (Lipinski definition) is 6. The van der Waals surface area contributed by atoms with Crippen molar-refractivity contribution in [3.63, 3.8) is 0 Å². The lowest BCUT2D eigenvalue weighted by Gasteiger charge is -2.04. The highest BCUT2D eigenvalue weighted by Gasteiger charge is 2.12. The van der Waals surface area contributed by atoms with Crippen molar-refractivity contribution >= 4 is 24.8 Å². The first-order chi connectivity index (χ1) is 8.69. The fraction of sp³-hybridized carbons (Fsp3) is 0. The summed E-state index contributed by atoms with van der Waals surface area (Å²) >= 11 is 0. The first-order valence-corrected chi connectivity index (χ1v) is 4.59. The van der Waals surface area contributed by atoms with E-state index in [9.17, 15) is 19.2 Å². The second kappa shape index (κ2) is 6.63. The molecule has 0 aliphatic carbocycles. The van der Waals surface area contributed by atoms with Crippen LogP contribution in [0.15, 0.2) is 24.3 Å². The molecule has 0 fully saturated rings. The van der Waals surface area contributed by atoms with Gasteiger partial charge in [0.25, 0.3) is 0 Å². The standard InChI is InChI=1S/C10H8N2O6/c13-5-11-17-9(15)7-2-1-3-8(4-7)10(16)18-12-6-14/h1-6H,(H,11,13)(H,12,14). The highest BCUT2D eigenvalue weighted by atomic mass is 16.7. The fourth-order valence-electron chi connectivity index (χ4n) is 1.05. The molecule has 0 aliphatic heterocycles. The first kappa shape index (κ1) is 13.2. The number of hydrogen-bond donors (Lipinski definition) is 2. The third-order valence-corrected chi connectivity index (χ3v) is 1.73. The van der Waals surface area contributed by atoms with Gasteiger partial charge in [0.15, 0.2) is 0 Å². The molecule has 0 radical (unpaired) electrons. The van der Waals surface area contributed by atoms with E-state index in [2.05, 4.69) is 9.68 Å². The number of rotatable bonds is 6. The van der Waals surface area contributed by atoms with E-state index in [1.807, 2.05) is 0 Å². The molecule has 0 unspecified atom stereocenters. The van der Waals surface area contributed by atoms with Gasteiger partial charge in [-0.25, -0.2) is 9.59 Å². The van der Waals surface area contributed by atoms with Crippen LogP contribution in [0, 0.1) is 0 Å². The largest absolute Gasteiger partial charge is 0.362 e. The molecule has 2 amide bonds. The Labute approximate surface area is 101 Å². The van der Waals surface area contributed by atoms with Crippen molar-refractivity contribution < 1.29 is 28.9 Å². The molecule has 0 aromatic heterocycles. The van der Waals surface area contributed by atoms with Gasteiger partial charge in [-0.3, -0.25) is 9.59 Å². The van der Waals surface area contributed by atoms with Crippen molar-refractivity contribution in [3.05, 3.63) is 35.4 Å². The van der Waals surface area contributed by atoms with E-state index in [-0.39, 0.29) is 23.9 Å². The Bertz CT molecular complexity index is 434. The van der Waals surface area contributed by atoms with Crippen molar-refractivity contribution in [1.82, 2.24) is 11.0 Å². The predicted octanol–water partition coefficient (Wildman–Crippen LogP) is -0.678. The van der Waals surface area contributed by atoms with Crippen LogP contribution >= 0.6 is 0 Å². The molecule has 94 valence electrons. The molecular weight excluding hydrogens is 244 g/mol. The minimum atomic E-state index is -0.847. The molecule has 0 saturated carbocycles. The molecule has 1 aromatic carbocycles. The first-order valence-electron chi connectivity index (χ1n) is 4.59. The van der Waals surface area contributed by atoms with Crippen LogP contribution in [0.4, 0.5) is 0 Å². The maximum Gasteiger partial charge on any atom is 0.362 e. The maximum atomic E-state index is 11.3. The van der Waals surface area contributed by atoms with Crippen molar-refractivity contribution in [1.29, 1.82) is 0 Å². The van der Waals surface area contributed by atoms with E-state index in [1.165, 1.54) is 24.3 Å². The van der Waals surface area contributed by atoms with E-state index >= 15 is 0 Å². The van der Waals surface area contributed by atoms with Gasteiger partial charge in [-0.1, -0.05) is 6.07 Å². The molecule has 0 atom stereocenters. The van der Waals surface area contributed by atoms with Crippen molar-refractivity contribution in [2.75, 3.05) is 0 Å². The van der Waals surface area contributed by atoms with E-state index in [4.69, 9.17) is 0 Å². The normalized spacial score (nSPS) is 8.89. The van der Waals surface area contributed by atoms with Crippen LogP contribution in [0.1, 0.15) is 20.7 Å². The summed E-state index contributed by atoms with van der Waals surface area (Å²) in [5.74, 6) is -1.69. The zero-order chi connectivity index (χ0) is 13.4. The monoisotopic (exact) mass is 252 g/mol. The quantitative estimate of drug-likeness (QED) is 0.512.